The molecule has 0 bridgehead atoms. The van der Waals surface area contributed by atoms with E-state index in [0.717, 1.165) is 45.3 Å². The van der Waals surface area contributed by atoms with Crippen molar-refractivity contribution in [3.05, 3.63) is 71.3 Å². The molecule has 0 spiro atoms. The van der Waals surface area contributed by atoms with Crippen LogP contribution in [0.3, 0.4) is 0 Å². The van der Waals surface area contributed by atoms with Crippen LogP contribution in [0.4, 0.5) is 0 Å². The van der Waals surface area contributed by atoms with Gasteiger partial charge in [0.2, 0.25) is 5.91 Å². The first kappa shape index (κ1) is 18.7. The van der Waals surface area contributed by atoms with Crippen molar-refractivity contribution in [3.63, 3.8) is 0 Å². The summed E-state index contributed by atoms with van der Waals surface area (Å²) in [5, 5.41) is 3.25. The molecule has 3 rings (SSSR count). The van der Waals surface area contributed by atoms with Crippen LogP contribution in [0.1, 0.15) is 42.9 Å². The Morgan fingerprint density at radius 1 is 1.04 bits per heavy atom. The molecule has 2 aromatic rings. The average molecular weight is 351 g/mol. The highest BCUT2D eigenvalue weighted by atomic mass is 16.1. The zero-order chi connectivity index (χ0) is 18.2. The van der Waals surface area contributed by atoms with Gasteiger partial charge in [0.1, 0.15) is 0 Å². The van der Waals surface area contributed by atoms with E-state index in [1.807, 2.05) is 0 Å². The predicted molar refractivity (Wildman–Crippen MR) is 107 cm³/mol. The standard InChI is InChI=1S/C23H30N2O/c1-2-19-10-12-20(13-11-19)14-15-23(26)24-22-9-6-16-25(18-22)17-21-7-4-3-5-8-21/h3-5,7-8,10-13,22H,2,6,9,14-18H2,1H3,(H,24,26). The van der Waals surface area contributed by atoms with Crippen molar-refractivity contribution in [3.8, 4) is 0 Å². The molecule has 1 atom stereocenters. The molecule has 1 saturated heterocycles. The van der Waals surface area contributed by atoms with E-state index in [0.29, 0.717) is 6.42 Å². The lowest BCUT2D eigenvalue weighted by Gasteiger charge is -2.33. The van der Waals surface area contributed by atoms with Gasteiger partial charge in [-0.1, -0.05) is 61.5 Å². The van der Waals surface area contributed by atoms with Gasteiger partial charge in [-0.15, -0.1) is 0 Å². The number of hydrogen-bond donors (Lipinski definition) is 1. The van der Waals surface area contributed by atoms with Gasteiger partial charge in [0.25, 0.3) is 0 Å². The molecule has 0 radical (unpaired) electrons. The van der Waals surface area contributed by atoms with E-state index in [4.69, 9.17) is 0 Å². The smallest absolute Gasteiger partial charge is 0.220 e. The number of piperidine rings is 1. The molecule has 1 heterocycles. The van der Waals surface area contributed by atoms with Gasteiger partial charge in [-0.3, -0.25) is 9.69 Å². The summed E-state index contributed by atoms with van der Waals surface area (Å²) in [5.74, 6) is 0.177. The Morgan fingerprint density at radius 2 is 1.77 bits per heavy atom. The van der Waals surface area contributed by atoms with E-state index in [2.05, 4.69) is 71.7 Å². The lowest BCUT2D eigenvalue weighted by atomic mass is 10.0. The molecule has 26 heavy (non-hydrogen) atoms. The van der Waals surface area contributed by atoms with Crippen molar-refractivity contribution in [2.24, 2.45) is 0 Å². The third-order valence-corrected chi connectivity index (χ3v) is 5.19. The van der Waals surface area contributed by atoms with Crippen LogP contribution in [0.25, 0.3) is 0 Å². The Hall–Kier alpha value is -2.13. The summed E-state index contributed by atoms with van der Waals surface area (Å²) in [5.41, 5.74) is 3.93. The summed E-state index contributed by atoms with van der Waals surface area (Å²) >= 11 is 0. The molecule has 1 amide bonds. The summed E-state index contributed by atoms with van der Waals surface area (Å²) in [6, 6.07) is 19.5. The van der Waals surface area contributed by atoms with E-state index in [-0.39, 0.29) is 11.9 Å². The van der Waals surface area contributed by atoms with Gasteiger partial charge in [-0.25, -0.2) is 0 Å². The highest BCUT2D eigenvalue weighted by molar-refractivity contribution is 5.76. The minimum absolute atomic E-state index is 0.177. The maximum absolute atomic E-state index is 12.3. The largest absolute Gasteiger partial charge is 0.352 e. The quantitative estimate of drug-likeness (QED) is 0.820. The summed E-state index contributed by atoms with van der Waals surface area (Å²) in [6.07, 6.45) is 4.68. The average Bonchev–Trinajstić information content (AvgIpc) is 2.68. The van der Waals surface area contributed by atoms with Gasteiger partial charge >= 0.3 is 0 Å². The molecule has 0 aromatic heterocycles. The number of aryl methyl sites for hydroxylation is 2. The van der Waals surface area contributed by atoms with Crippen molar-refractivity contribution in [1.82, 2.24) is 10.2 Å². The zero-order valence-corrected chi connectivity index (χ0v) is 15.8. The van der Waals surface area contributed by atoms with Crippen LogP contribution in [-0.2, 0) is 24.2 Å². The first-order valence-corrected chi connectivity index (χ1v) is 9.86. The normalized spacial score (nSPS) is 17.8. The summed E-state index contributed by atoms with van der Waals surface area (Å²) in [4.78, 5) is 14.8. The minimum atomic E-state index is 0.177. The van der Waals surface area contributed by atoms with Gasteiger partial charge in [-0.05, 0) is 48.9 Å². The maximum Gasteiger partial charge on any atom is 0.220 e. The summed E-state index contributed by atoms with van der Waals surface area (Å²) in [7, 11) is 0. The van der Waals surface area contributed by atoms with Crippen molar-refractivity contribution in [2.75, 3.05) is 13.1 Å². The third-order valence-electron chi connectivity index (χ3n) is 5.19. The second kappa shape index (κ2) is 9.54. The van der Waals surface area contributed by atoms with Gasteiger partial charge in [0.15, 0.2) is 0 Å². The monoisotopic (exact) mass is 350 g/mol. The molecule has 1 N–H and O–H groups in total. The first-order valence-electron chi connectivity index (χ1n) is 9.86. The van der Waals surface area contributed by atoms with Crippen LogP contribution in [0.5, 0.6) is 0 Å². The van der Waals surface area contributed by atoms with Crippen molar-refractivity contribution >= 4 is 5.91 Å². The molecule has 3 heteroatoms. The van der Waals surface area contributed by atoms with Gasteiger partial charge in [0.05, 0.1) is 0 Å². The number of rotatable bonds is 7. The molecular formula is C23H30N2O. The van der Waals surface area contributed by atoms with Gasteiger partial charge in [-0.2, -0.15) is 0 Å². The molecule has 0 aliphatic carbocycles. The van der Waals surface area contributed by atoms with Crippen molar-refractivity contribution in [2.45, 2.75) is 51.6 Å². The zero-order valence-electron chi connectivity index (χ0n) is 15.8. The lowest BCUT2D eigenvalue weighted by Crippen LogP contribution is -2.47. The summed E-state index contributed by atoms with van der Waals surface area (Å²) in [6.45, 7) is 5.20. The minimum Gasteiger partial charge on any atom is -0.352 e. The van der Waals surface area contributed by atoms with E-state index in [1.54, 1.807) is 0 Å². The number of benzene rings is 2. The lowest BCUT2D eigenvalue weighted by molar-refractivity contribution is -0.122. The fourth-order valence-corrected chi connectivity index (χ4v) is 3.66. The number of carbonyl (C=O) groups is 1. The van der Waals surface area contributed by atoms with Gasteiger partial charge in [0, 0.05) is 25.6 Å². The Bertz CT molecular complexity index is 681. The second-order valence-corrected chi connectivity index (χ2v) is 7.30. The molecular weight excluding hydrogens is 320 g/mol. The SMILES string of the molecule is CCc1ccc(CCC(=O)NC2CCCN(Cc3ccccc3)C2)cc1. The molecule has 2 aromatic carbocycles. The Morgan fingerprint density at radius 3 is 2.50 bits per heavy atom. The third kappa shape index (κ3) is 5.70. The maximum atomic E-state index is 12.3. The fourth-order valence-electron chi connectivity index (χ4n) is 3.66. The molecule has 1 aliphatic rings. The van der Waals surface area contributed by atoms with Crippen LogP contribution < -0.4 is 5.32 Å². The molecule has 0 saturated carbocycles. The van der Waals surface area contributed by atoms with E-state index in [9.17, 15) is 4.79 Å². The number of carbonyl (C=O) groups excluding carboxylic acids is 1. The Labute approximate surface area is 157 Å². The van der Waals surface area contributed by atoms with Crippen LogP contribution in [-0.4, -0.2) is 29.9 Å². The topological polar surface area (TPSA) is 32.3 Å². The molecule has 3 nitrogen and oxygen atoms in total. The number of nitrogens with zero attached hydrogens (tertiary/aromatic N) is 1. The highest BCUT2D eigenvalue weighted by Crippen LogP contribution is 2.14. The fraction of sp³-hybridized carbons (Fsp3) is 0.435. The van der Waals surface area contributed by atoms with Crippen LogP contribution in [0.2, 0.25) is 0 Å². The van der Waals surface area contributed by atoms with Crippen LogP contribution in [0, 0.1) is 0 Å². The van der Waals surface area contributed by atoms with Gasteiger partial charge < -0.3 is 5.32 Å². The van der Waals surface area contributed by atoms with E-state index in [1.165, 1.54) is 16.7 Å². The van der Waals surface area contributed by atoms with Crippen LogP contribution in [0.15, 0.2) is 54.6 Å². The molecule has 1 fully saturated rings. The van der Waals surface area contributed by atoms with E-state index >= 15 is 0 Å². The molecule has 138 valence electrons. The first-order chi connectivity index (χ1) is 12.7. The number of likely N-dealkylation sites (tertiary alicyclic amines) is 1. The molecule has 1 unspecified atom stereocenters. The van der Waals surface area contributed by atoms with Crippen LogP contribution >= 0.6 is 0 Å². The Balaban J connectivity index is 1.43. The molecule has 1 aliphatic heterocycles. The van der Waals surface area contributed by atoms with Crippen molar-refractivity contribution < 1.29 is 4.79 Å². The van der Waals surface area contributed by atoms with E-state index < -0.39 is 0 Å². The highest BCUT2D eigenvalue weighted by Gasteiger charge is 2.21. The second-order valence-electron chi connectivity index (χ2n) is 7.30. The Kier molecular flexibility index (Phi) is 6.84. The predicted octanol–water partition coefficient (Wildman–Crippen LogP) is 3.96. The number of hydrogen-bond acceptors (Lipinski definition) is 2. The summed E-state index contributed by atoms with van der Waals surface area (Å²) < 4.78 is 0. The van der Waals surface area contributed by atoms with Crippen molar-refractivity contribution in [1.29, 1.82) is 0 Å². The number of nitrogens with one attached hydrogen (secondary N) is 1. The number of amides is 1.